The summed E-state index contributed by atoms with van der Waals surface area (Å²) in [7, 11) is -2.18. The highest BCUT2D eigenvalue weighted by Gasteiger charge is 2.54. The van der Waals surface area contributed by atoms with E-state index >= 15 is 0 Å². The van der Waals surface area contributed by atoms with Gasteiger partial charge in [-0.15, -0.1) is 0 Å². The van der Waals surface area contributed by atoms with Gasteiger partial charge in [-0.1, -0.05) is 67.4 Å². The lowest BCUT2D eigenvalue weighted by Gasteiger charge is -2.45. The highest BCUT2D eigenvalue weighted by molar-refractivity contribution is 6.74. The van der Waals surface area contributed by atoms with Gasteiger partial charge >= 0.3 is 6.18 Å². The summed E-state index contributed by atoms with van der Waals surface area (Å²) < 4.78 is 69.4. The van der Waals surface area contributed by atoms with E-state index in [9.17, 15) is 17.6 Å². The van der Waals surface area contributed by atoms with Crippen LogP contribution >= 0.6 is 0 Å². The maximum absolute atomic E-state index is 14.9. The van der Waals surface area contributed by atoms with Gasteiger partial charge in [0, 0.05) is 22.5 Å². The molecule has 1 saturated carbocycles. The molecular formula is C33H45F4NO2Si. The number of fused-ring (bicyclic) bond motifs is 4. The third-order valence-electron chi connectivity index (χ3n) is 9.95. The van der Waals surface area contributed by atoms with Crippen LogP contribution in [0.4, 0.5) is 17.6 Å². The lowest BCUT2D eigenvalue weighted by molar-refractivity contribution is -0.140. The van der Waals surface area contributed by atoms with Crippen LogP contribution in [0.3, 0.4) is 0 Å². The molecule has 2 atom stereocenters. The molecule has 1 aromatic carbocycles. The van der Waals surface area contributed by atoms with E-state index in [0.717, 1.165) is 78.7 Å². The van der Waals surface area contributed by atoms with E-state index < -0.39 is 37.6 Å². The number of nitrogens with zero attached hydrogens (tertiary/aromatic N) is 1. The molecular weight excluding hydrogens is 546 g/mol. The fraction of sp³-hybridized carbons (Fsp3) is 0.667. The van der Waals surface area contributed by atoms with Crippen LogP contribution < -0.4 is 0 Å². The predicted molar refractivity (Wildman–Crippen MR) is 156 cm³/mol. The van der Waals surface area contributed by atoms with Gasteiger partial charge in [0.2, 0.25) is 0 Å². The smallest absolute Gasteiger partial charge is 0.410 e. The molecule has 0 amide bonds. The maximum Gasteiger partial charge on any atom is 0.419 e. The fourth-order valence-corrected chi connectivity index (χ4v) is 8.21. The second-order valence-corrected chi connectivity index (χ2v) is 19.9. The van der Waals surface area contributed by atoms with Gasteiger partial charge in [0.05, 0.1) is 17.3 Å². The van der Waals surface area contributed by atoms with E-state index in [0.29, 0.717) is 5.56 Å². The topological polar surface area (TPSA) is 31.4 Å². The minimum Gasteiger partial charge on any atom is -0.410 e. The van der Waals surface area contributed by atoms with Crippen molar-refractivity contribution in [2.24, 2.45) is 5.41 Å². The molecule has 5 rings (SSSR count). The zero-order chi connectivity index (χ0) is 30.3. The molecule has 0 saturated heterocycles. The van der Waals surface area contributed by atoms with Crippen molar-refractivity contribution < 1.29 is 26.7 Å². The number of pyridine rings is 1. The summed E-state index contributed by atoms with van der Waals surface area (Å²) in [6.07, 6.45) is -0.260. The first-order valence-corrected chi connectivity index (χ1v) is 18.0. The van der Waals surface area contributed by atoms with Crippen molar-refractivity contribution in [3.05, 3.63) is 63.2 Å². The van der Waals surface area contributed by atoms with Gasteiger partial charge < -0.3 is 9.16 Å². The Morgan fingerprint density at radius 2 is 1.68 bits per heavy atom. The molecule has 3 aliphatic rings. The molecule has 2 heterocycles. The predicted octanol–water partition coefficient (Wildman–Crippen LogP) is 10.3. The highest BCUT2D eigenvalue weighted by atomic mass is 28.4. The molecule has 1 spiro atoms. The van der Waals surface area contributed by atoms with Crippen molar-refractivity contribution in [3.8, 4) is 0 Å². The standard InChI is InChI=1S/C33H45F4NO2Si/c1-19(2)28-26-27(25-23(38-28)17-31(6,7)18-24(25)40-41(8,9)30(3,4)5)32(14-10-11-15-32)39-29(26)20-12-13-21(22(34)16-20)33(35,36)37/h12-13,16,19,24,29H,10-11,14-15,17-18H2,1-9H3/t24?,29-/m1/s1. The first kappa shape index (κ1) is 30.7. The van der Waals surface area contributed by atoms with Gasteiger partial charge in [0.1, 0.15) is 11.9 Å². The quantitative estimate of drug-likeness (QED) is 0.262. The average molecular weight is 592 g/mol. The third kappa shape index (κ3) is 5.31. The Kier molecular flexibility index (Phi) is 7.39. The van der Waals surface area contributed by atoms with Crippen LogP contribution in [-0.2, 0) is 27.4 Å². The van der Waals surface area contributed by atoms with Crippen molar-refractivity contribution in [1.82, 2.24) is 4.98 Å². The van der Waals surface area contributed by atoms with Crippen molar-refractivity contribution in [2.45, 2.75) is 135 Å². The number of ether oxygens (including phenoxy) is 1. The number of rotatable bonds is 4. The van der Waals surface area contributed by atoms with Gasteiger partial charge in [0.15, 0.2) is 8.32 Å². The summed E-state index contributed by atoms with van der Waals surface area (Å²) in [6.45, 7) is 20.0. The minimum atomic E-state index is -4.76. The molecule has 8 heteroatoms. The molecule has 226 valence electrons. The second kappa shape index (κ2) is 9.88. The molecule has 0 radical (unpaired) electrons. The monoisotopic (exact) mass is 591 g/mol. The first-order chi connectivity index (χ1) is 18.8. The zero-order valence-electron chi connectivity index (χ0n) is 26.0. The first-order valence-electron chi connectivity index (χ1n) is 15.1. The summed E-state index contributed by atoms with van der Waals surface area (Å²) in [5.41, 5.74) is 3.70. The summed E-state index contributed by atoms with van der Waals surface area (Å²) >= 11 is 0. The molecule has 2 aliphatic carbocycles. The Hall–Kier alpha value is -1.77. The Balaban J connectivity index is 1.77. The van der Waals surface area contributed by atoms with Crippen LogP contribution in [0.1, 0.15) is 138 Å². The number of alkyl halides is 3. The molecule has 0 N–H and O–H groups in total. The van der Waals surface area contributed by atoms with Gasteiger partial charge in [-0.05, 0) is 78.4 Å². The molecule has 2 aromatic rings. The maximum atomic E-state index is 14.9. The number of aromatic nitrogens is 1. The van der Waals surface area contributed by atoms with Crippen LogP contribution in [0.25, 0.3) is 0 Å². The lowest BCUT2D eigenvalue weighted by atomic mass is 9.70. The second-order valence-electron chi connectivity index (χ2n) is 15.1. The van der Waals surface area contributed by atoms with Gasteiger partial charge in [-0.2, -0.15) is 13.2 Å². The molecule has 1 unspecified atom stereocenters. The molecule has 41 heavy (non-hydrogen) atoms. The molecule has 1 aliphatic heterocycles. The van der Waals surface area contributed by atoms with Gasteiger partial charge in [0.25, 0.3) is 0 Å². The van der Waals surface area contributed by atoms with Crippen LogP contribution in [0.15, 0.2) is 18.2 Å². The zero-order valence-corrected chi connectivity index (χ0v) is 27.0. The van der Waals surface area contributed by atoms with E-state index in [1.54, 1.807) is 0 Å². The van der Waals surface area contributed by atoms with Crippen molar-refractivity contribution in [1.29, 1.82) is 0 Å². The Morgan fingerprint density at radius 3 is 2.22 bits per heavy atom. The summed E-state index contributed by atoms with van der Waals surface area (Å²) in [5.74, 6) is -1.22. The van der Waals surface area contributed by atoms with E-state index in [1.807, 2.05) is 0 Å². The highest BCUT2D eigenvalue weighted by Crippen LogP contribution is 2.60. The van der Waals surface area contributed by atoms with Crippen LogP contribution in [0.2, 0.25) is 18.1 Å². The van der Waals surface area contributed by atoms with E-state index in [4.69, 9.17) is 14.1 Å². The number of hydrogen-bond acceptors (Lipinski definition) is 3. The Bertz CT molecular complexity index is 1340. The van der Waals surface area contributed by atoms with Crippen LogP contribution in [-0.4, -0.2) is 13.3 Å². The largest absolute Gasteiger partial charge is 0.419 e. The minimum absolute atomic E-state index is 0.00618. The van der Waals surface area contributed by atoms with Crippen molar-refractivity contribution in [3.63, 3.8) is 0 Å². The SMILES string of the molecule is CC(C)c1nc2c(c3c1[C@@H](c1ccc(C(F)(F)F)c(F)c1)OC31CCCC1)C(O[Si](C)(C)C(C)(C)C)CC(C)(C)C2. The molecule has 3 nitrogen and oxygen atoms in total. The van der Waals surface area contributed by atoms with Crippen molar-refractivity contribution in [2.75, 3.05) is 0 Å². The Morgan fingerprint density at radius 1 is 1.05 bits per heavy atom. The average Bonchev–Trinajstić information content (AvgIpc) is 3.41. The molecule has 1 aromatic heterocycles. The normalized spacial score (nSPS) is 23.8. The third-order valence-corrected chi connectivity index (χ3v) is 14.4. The molecule has 0 bridgehead atoms. The van der Waals surface area contributed by atoms with E-state index in [1.165, 1.54) is 6.07 Å². The van der Waals surface area contributed by atoms with Gasteiger partial charge in [-0.25, -0.2) is 4.39 Å². The number of halogens is 4. The van der Waals surface area contributed by atoms with Crippen LogP contribution in [0, 0.1) is 11.2 Å². The Labute approximate surface area is 243 Å². The van der Waals surface area contributed by atoms with Gasteiger partial charge in [-0.3, -0.25) is 4.98 Å². The summed E-state index contributed by atoms with van der Waals surface area (Å²) in [6, 6.07) is 3.24. The van der Waals surface area contributed by atoms with Crippen LogP contribution in [0.5, 0.6) is 0 Å². The summed E-state index contributed by atoms with van der Waals surface area (Å²) in [5, 5.41) is 0.0189. The summed E-state index contributed by atoms with van der Waals surface area (Å²) in [4.78, 5) is 5.31. The van der Waals surface area contributed by atoms with Crippen molar-refractivity contribution >= 4 is 8.32 Å². The van der Waals surface area contributed by atoms with E-state index in [2.05, 4.69) is 61.6 Å². The van der Waals surface area contributed by atoms with E-state index in [-0.39, 0.29) is 22.5 Å². The lowest BCUT2D eigenvalue weighted by Crippen LogP contribution is -2.44. The molecule has 1 fully saturated rings. The number of hydrogen-bond donors (Lipinski definition) is 0. The fourth-order valence-electron chi connectivity index (χ4n) is 6.94. The number of benzene rings is 1.